The van der Waals surface area contributed by atoms with E-state index in [4.69, 9.17) is 0 Å². The van der Waals surface area contributed by atoms with E-state index in [-0.39, 0.29) is 6.54 Å². The summed E-state index contributed by atoms with van der Waals surface area (Å²) >= 11 is 0. The van der Waals surface area contributed by atoms with Gasteiger partial charge in [0.15, 0.2) is 0 Å². The Balaban J connectivity index is 2.26. The third kappa shape index (κ3) is 2.46. The Morgan fingerprint density at radius 2 is 2.00 bits per heavy atom. The Morgan fingerprint density at radius 1 is 1.30 bits per heavy atom. The van der Waals surface area contributed by atoms with Crippen molar-refractivity contribution >= 4 is 5.91 Å². The van der Waals surface area contributed by atoms with Gasteiger partial charge in [-0.05, 0) is 24.5 Å². The Kier molecular flexibility index (Phi) is 3.66. The monoisotopic (exact) mass is 294 g/mol. The molecule has 1 saturated heterocycles. The molecule has 0 bridgehead atoms. The molecule has 0 N–H and O–H groups in total. The number of hydrogen-bond donors (Lipinski definition) is 0. The second kappa shape index (κ2) is 4.99. The zero-order chi connectivity index (χ0) is 15.0. The van der Waals surface area contributed by atoms with Gasteiger partial charge in [0.05, 0.1) is 6.04 Å². The number of rotatable bonds is 2. The fourth-order valence-electron chi connectivity index (χ4n) is 2.23. The first-order valence-electron chi connectivity index (χ1n) is 5.90. The minimum atomic E-state index is -5.88. The van der Waals surface area contributed by atoms with E-state index in [0.717, 1.165) is 0 Å². The summed E-state index contributed by atoms with van der Waals surface area (Å²) in [4.78, 5) is 15.9. The van der Waals surface area contributed by atoms with Crippen LogP contribution in [0.2, 0.25) is 0 Å². The van der Waals surface area contributed by atoms with E-state index in [1.807, 2.05) is 0 Å². The summed E-state index contributed by atoms with van der Waals surface area (Å²) in [6.07, 6.45) is -2.35. The van der Waals surface area contributed by atoms with Crippen molar-refractivity contribution in [2.75, 3.05) is 6.54 Å². The average Bonchev–Trinajstić information content (AvgIpc) is 2.86. The highest BCUT2D eigenvalue weighted by molar-refractivity contribution is 5.85. The second-order valence-corrected chi connectivity index (χ2v) is 4.52. The van der Waals surface area contributed by atoms with Crippen LogP contribution in [0.15, 0.2) is 24.5 Å². The van der Waals surface area contributed by atoms with E-state index in [1.165, 1.54) is 18.5 Å². The van der Waals surface area contributed by atoms with Gasteiger partial charge in [-0.15, -0.1) is 0 Å². The van der Waals surface area contributed by atoms with E-state index >= 15 is 0 Å². The van der Waals surface area contributed by atoms with E-state index in [0.29, 0.717) is 23.3 Å². The topological polar surface area (TPSA) is 33.2 Å². The van der Waals surface area contributed by atoms with Crippen molar-refractivity contribution in [1.29, 1.82) is 0 Å². The summed E-state index contributed by atoms with van der Waals surface area (Å²) in [7, 11) is 0. The van der Waals surface area contributed by atoms with Gasteiger partial charge in [0, 0.05) is 18.9 Å². The summed E-state index contributed by atoms with van der Waals surface area (Å²) in [6, 6.07) is 2.30. The third-order valence-corrected chi connectivity index (χ3v) is 3.21. The van der Waals surface area contributed by atoms with Crippen molar-refractivity contribution in [3.8, 4) is 0 Å². The van der Waals surface area contributed by atoms with Crippen LogP contribution in [-0.2, 0) is 4.79 Å². The molecule has 2 heterocycles. The molecular formula is C12H11F5N2O. The third-order valence-electron chi connectivity index (χ3n) is 3.21. The standard InChI is InChI=1S/C12H11F5N2O/c13-11(14,12(15,16)17)10(20)19-6-2-4-9(19)8-3-1-5-18-7-8/h1,3,5,7,9H,2,4,6H2. The van der Waals surface area contributed by atoms with Crippen LogP contribution in [0.5, 0.6) is 0 Å². The maximum Gasteiger partial charge on any atom is 0.463 e. The lowest BCUT2D eigenvalue weighted by Gasteiger charge is -2.29. The van der Waals surface area contributed by atoms with Gasteiger partial charge in [-0.25, -0.2) is 0 Å². The number of likely N-dealkylation sites (tertiary alicyclic amines) is 1. The lowest BCUT2D eigenvalue weighted by Crippen LogP contribution is -2.51. The van der Waals surface area contributed by atoms with Crippen LogP contribution in [0.3, 0.4) is 0 Å². The molecule has 1 aromatic rings. The maximum atomic E-state index is 13.1. The van der Waals surface area contributed by atoms with Gasteiger partial charge < -0.3 is 4.90 Å². The number of pyridine rings is 1. The van der Waals surface area contributed by atoms with Crippen molar-refractivity contribution in [2.24, 2.45) is 0 Å². The van der Waals surface area contributed by atoms with E-state index in [9.17, 15) is 26.7 Å². The SMILES string of the molecule is O=C(N1CCCC1c1cccnc1)C(F)(F)C(F)(F)F. The van der Waals surface area contributed by atoms with E-state index < -0.39 is 24.0 Å². The Morgan fingerprint density at radius 3 is 2.55 bits per heavy atom. The second-order valence-electron chi connectivity index (χ2n) is 4.52. The molecule has 0 aromatic carbocycles. The smallest absolute Gasteiger partial charge is 0.330 e. The van der Waals surface area contributed by atoms with Gasteiger partial charge in [0.1, 0.15) is 0 Å². The number of carbonyl (C=O) groups is 1. The molecular weight excluding hydrogens is 283 g/mol. The molecule has 1 fully saturated rings. The van der Waals surface area contributed by atoms with Crippen LogP contribution in [-0.4, -0.2) is 34.4 Å². The van der Waals surface area contributed by atoms with E-state index in [1.54, 1.807) is 6.07 Å². The zero-order valence-corrected chi connectivity index (χ0v) is 10.2. The molecule has 1 amide bonds. The number of aromatic nitrogens is 1. The first-order valence-corrected chi connectivity index (χ1v) is 5.90. The first-order chi connectivity index (χ1) is 9.25. The molecule has 1 atom stereocenters. The molecule has 1 aromatic heterocycles. The molecule has 0 spiro atoms. The average molecular weight is 294 g/mol. The van der Waals surface area contributed by atoms with E-state index in [2.05, 4.69) is 4.98 Å². The summed E-state index contributed by atoms with van der Waals surface area (Å²) in [5, 5.41) is 0. The fourth-order valence-corrected chi connectivity index (χ4v) is 2.23. The first kappa shape index (κ1) is 14.7. The molecule has 0 aliphatic carbocycles. The Labute approximate surface area is 111 Å². The molecule has 1 aliphatic heterocycles. The van der Waals surface area contributed by atoms with Crippen LogP contribution in [0, 0.1) is 0 Å². The largest absolute Gasteiger partial charge is 0.463 e. The van der Waals surface area contributed by atoms with Gasteiger partial charge in [-0.3, -0.25) is 9.78 Å². The van der Waals surface area contributed by atoms with Crippen molar-refractivity contribution in [2.45, 2.75) is 31.0 Å². The van der Waals surface area contributed by atoms with Crippen LogP contribution < -0.4 is 0 Å². The highest BCUT2D eigenvalue weighted by Gasteiger charge is 2.65. The van der Waals surface area contributed by atoms with Crippen molar-refractivity contribution < 1.29 is 26.7 Å². The maximum absolute atomic E-state index is 13.1. The normalized spacial score (nSPS) is 20.2. The molecule has 1 aliphatic rings. The molecule has 0 radical (unpaired) electrons. The van der Waals surface area contributed by atoms with Gasteiger partial charge in [-0.1, -0.05) is 6.07 Å². The molecule has 110 valence electrons. The zero-order valence-electron chi connectivity index (χ0n) is 10.2. The van der Waals surface area contributed by atoms with Gasteiger partial charge in [0.25, 0.3) is 0 Å². The fraction of sp³-hybridized carbons (Fsp3) is 0.500. The van der Waals surface area contributed by atoms with Gasteiger partial charge in [-0.2, -0.15) is 22.0 Å². The molecule has 3 nitrogen and oxygen atoms in total. The molecule has 0 saturated carbocycles. The van der Waals surface area contributed by atoms with Crippen LogP contribution in [0.25, 0.3) is 0 Å². The van der Waals surface area contributed by atoms with Crippen LogP contribution in [0.4, 0.5) is 22.0 Å². The van der Waals surface area contributed by atoms with Crippen molar-refractivity contribution in [3.05, 3.63) is 30.1 Å². The summed E-state index contributed by atoms with van der Waals surface area (Å²) in [5.41, 5.74) is 0.455. The summed E-state index contributed by atoms with van der Waals surface area (Å²) < 4.78 is 63.0. The van der Waals surface area contributed by atoms with Gasteiger partial charge >= 0.3 is 18.0 Å². The minimum absolute atomic E-state index is 0.121. The highest BCUT2D eigenvalue weighted by Crippen LogP contribution is 2.41. The number of halogens is 5. The molecule has 8 heteroatoms. The quantitative estimate of drug-likeness (QED) is 0.786. The molecule has 20 heavy (non-hydrogen) atoms. The van der Waals surface area contributed by atoms with Crippen molar-refractivity contribution in [3.63, 3.8) is 0 Å². The Hall–Kier alpha value is -1.73. The molecule has 1 unspecified atom stereocenters. The number of amides is 1. The number of alkyl halides is 5. The lowest BCUT2D eigenvalue weighted by molar-refractivity contribution is -0.274. The number of carbonyl (C=O) groups excluding carboxylic acids is 1. The highest BCUT2D eigenvalue weighted by atomic mass is 19.4. The Bertz CT molecular complexity index is 488. The van der Waals surface area contributed by atoms with Crippen molar-refractivity contribution in [1.82, 2.24) is 9.88 Å². The van der Waals surface area contributed by atoms with Crippen LogP contribution >= 0.6 is 0 Å². The predicted octanol–water partition coefficient (Wildman–Crippen LogP) is 2.94. The van der Waals surface area contributed by atoms with Crippen LogP contribution in [0.1, 0.15) is 24.4 Å². The summed E-state index contributed by atoms with van der Waals surface area (Å²) in [5.74, 6) is -7.56. The predicted molar refractivity (Wildman–Crippen MR) is 58.9 cm³/mol. The van der Waals surface area contributed by atoms with Gasteiger partial charge in [0.2, 0.25) is 0 Å². The summed E-state index contributed by atoms with van der Waals surface area (Å²) in [6.45, 7) is -0.121. The number of hydrogen-bond acceptors (Lipinski definition) is 2. The minimum Gasteiger partial charge on any atom is -0.330 e. The lowest BCUT2D eigenvalue weighted by atomic mass is 10.1. The molecule has 2 rings (SSSR count). The number of nitrogens with zero attached hydrogens (tertiary/aromatic N) is 2.